The van der Waals surface area contributed by atoms with Crippen LogP contribution in [0, 0.1) is 18.6 Å². The molecule has 15 heavy (non-hydrogen) atoms. The SMILES string of the molecule is Cc1nn(C)cc1Cn1c(C)c[nH]c1=S. The summed E-state index contributed by atoms with van der Waals surface area (Å²) in [5.41, 5.74) is 3.40. The van der Waals surface area contributed by atoms with Crippen LogP contribution >= 0.6 is 12.2 Å². The first-order valence-corrected chi connectivity index (χ1v) is 5.22. The van der Waals surface area contributed by atoms with Gasteiger partial charge in [0.05, 0.1) is 12.2 Å². The highest BCUT2D eigenvalue weighted by molar-refractivity contribution is 7.71. The van der Waals surface area contributed by atoms with Gasteiger partial charge in [0, 0.05) is 30.7 Å². The summed E-state index contributed by atoms with van der Waals surface area (Å²) in [4.78, 5) is 3.03. The lowest BCUT2D eigenvalue weighted by Crippen LogP contribution is -2.02. The van der Waals surface area contributed by atoms with E-state index in [1.165, 1.54) is 5.56 Å². The fourth-order valence-electron chi connectivity index (χ4n) is 1.65. The number of nitrogens with zero attached hydrogens (tertiary/aromatic N) is 3. The second-order valence-corrected chi connectivity index (χ2v) is 4.12. The van der Waals surface area contributed by atoms with E-state index in [0.717, 1.165) is 22.7 Å². The molecule has 0 amide bonds. The van der Waals surface area contributed by atoms with Crippen molar-refractivity contribution in [3.8, 4) is 0 Å². The molecule has 0 saturated carbocycles. The zero-order valence-electron chi connectivity index (χ0n) is 9.11. The molecule has 0 aromatic carbocycles. The van der Waals surface area contributed by atoms with E-state index in [9.17, 15) is 0 Å². The van der Waals surface area contributed by atoms with Gasteiger partial charge in [0.1, 0.15) is 0 Å². The molecule has 0 aliphatic carbocycles. The molecule has 0 saturated heterocycles. The van der Waals surface area contributed by atoms with E-state index >= 15 is 0 Å². The highest BCUT2D eigenvalue weighted by atomic mass is 32.1. The molecule has 80 valence electrons. The van der Waals surface area contributed by atoms with Gasteiger partial charge in [-0.1, -0.05) is 0 Å². The average Bonchev–Trinajstić information content (AvgIpc) is 2.63. The van der Waals surface area contributed by atoms with Crippen LogP contribution in [0.15, 0.2) is 12.4 Å². The number of nitrogens with one attached hydrogen (secondary N) is 1. The maximum atomic E-state index is 5.20. The molecule has 2 aromatic heterocycles. The van der Waals surface area contributed by atoms with Crippen molar-refractivity contribution >= 4 is 12.2 Å². The van der Waals surface area contributed by atoms with Crippen molar-refractivity contribution in [2.24, 2.45) is 7.05 Å². The molecule has 0 aliphatic heterocycles. The maximum absolute atomic E-state index is 5.20. The van der Waals surface area contributed by atoms with Gasteiger partial charge in [-0.3, -0.25) is 4.68 Å². The van der Waals surface area contributed by atoms with E-state index in [0.29, 0.717) is 0 Å². The number of aromatic nitrogens is 4. The number of hydrogen-bond donors (Lipinski definition) is 1. The standard InChI is InChI=1S/C10H14N4S/c1-7-4-11-10(15)14(7)6-9-5-13(3)12-8(9)2/h4-5H,6H2,1-3H3,(H,11,15). The van der Waals surface area contributed by atoms with Crippen LogP contribution < -0.4 is 0 Å². The first-order chi connectivity index (χ1) is 7.08. The number of aryl methyl sites for hydroxylation is 3. The minimum absolute atomic E-state index is 0.760. The van der Waals surface area contributed by atoms with Crippen LogP contribution in [0.2, 0.25) is 0 Å². The van der Waals surface area contributed by atoms with Gasteiger partial charge in [0.2, 0.25) is 0 Å². The van der Waals surface area contributed by atoms with Crippen LogP contribution in [-0.2, 0) is 13.6 Å². The second-order valence-electron chi connectivity index (χ2n) is 3.73. The fourth-order valence-corrected chi connectivity index (χ4v) is 1.92. The number of rotatable bonds is 2. The maximum Gasteiger partial charge on any atom is 0.177 e. The first kappa shape index (κ1) is 10.2. The van der Waals surface area contributed by atoms with Gasteiger partial charge < -0.3 is 9.55 Å². The van der Waals surface area contributed by atoms with E-state index < -0.39 is 0 Å². The van der Waals surface area contributed by atoms with Crippen molar-refractivity contribution < 1.29 is 0 Å². The molecule has 5 heteroatoms. The zero-order valence-corrected chi connectivity index (χ0v) is 9.93. The molecule has 2 aromatic rings. The summed E-state index contributed by atoms with van der Waals surface area (Å²) in [5.74, 6) is 0. The Balaban J connectivity index is 2.37. The lowest BCUT2D eigenvalue weighted by atomic mass is 10.2. The molecule has 0 radical (unpaired) electrons. The highest BCUT2D eigenvalue weighted by Gasteiger charge is 2.06. The molecule has 0 fully saturated rings. The Bertz CT molecular complexity index is 532. The second kappa shape index (κ2) is 3.66. The Morgan fingerprint density at radius 3 is 2.67 bits per heavy atom. The number of H-pyrrole nitrogens is 1. The normalized spacial score (nSPS) is 10.9. The minimum atomic E-state index is 0.760. The molecular weight excluding hydrogens is 208 g/mol. The van der Waals surface area contributed by atoms with E-state index in [1.54, 1.807) is 0 Å². The molecule has 0 bridgehead atoms. The Labute approximate surface area is 93.6 Å². The zero-order chi connectivity index (χ0) is 11.0. The first-order valence-electron chi connectivity index (χ1n) is 4.82. The Kier molecular flexibility index (Phi) is 2.48. The van der Waals surface area contributed by atoms with E-state index in [-0.39, 0.29) is 0 Å². The van der Waals surface area contributed by atoms with Crippen LogP contribution in [-0.4, -0.2) is 19.3 Å². The van der Waals surface area contributed by atoms with Crippen molar-refractivity contribution in [1.82, 2.24) is 19.3 Å². The predicted octanol–water partition coefficient (Wildman–Crippen LogP) is 1.94. The Hall–Kier alpha value is -1.36. The third-order valence-corrected chi connectivity index (χ3v) is 2.86. The van der Waals surface area contributed by atoms with Crippen molar-refractivity contribution in [3.63, 3.8) is 0 Å². The average molecular weight is 222 g/mol. The van der Waals surface area contributed by atoms with Crippen molar-refractivity contribution in [1.29, 1.82) is 0 Å². The van der Waals surface area contributed by atoms with Crippen molar-refractivity contribution in [2.45, 2.75) is 20.4 Å². The molecule has 1 N–H and O–H groups in total. The largest absolute Gasteiger partial charge is 0.337 e. The van der Waals surface area contributed by atoms with E-state index in [2.05, 4.69) is 14.6 Å². The van der Waals surface area contributed by atoms with Gasteiger partial charge in [0.15, 0.2) is 4.77 Å². The van der Waals surface area contributed by atoms with E-state index in [1.807, 2.05) is 38.0 Å². The third kappa shape index (κ3) is 1.87. The van der Waals surface area contributed by atoms with Crippen molar-refractivity contribution in [2.75, 3.05) is 0 Å². The molecule has 2 rings (SSSR count). The third-order valence-electron chi connectivity index (χ3n) is 2.52. The summed E-state index contributed by atoms with van der Waals surface area (Å²) < 4.78 is 4.66. The lowest BCUT2D eigenvalue weighted by Gasteiger charge is -2.03. The van der Waals surface area contributed by atoms with Crippen LogP contribution in [0.25, 0.3) is 0 Å². The molecular formula is C10H14N4S. The minimum Gasteiger partial charge on any atom is -0.337 e. The van der Waals surface area contributed by atoms with Crippen LogP contribution in [0.5, 0.6) is 0 Å². The summed E-state index contributed by atoms with van der Waals surface area (Å²) in [6.07, 6.45) is 3.96. The van der Waals surface area contributed by atoms with Gasteiger partial charge in [-0.15, -0.1) is 0 Å². The fraction of sp³-hybridized carbons (Fsp3) is 0.400. The van der Waals surface area contributed by atoms with Crippen LogP contribution in [0.4, 0.5) is 0 Å². The molecule has 0 aliphatic rings. The summed E-state index contributed by atoms with van der Waals surface area (Å²) in [7, 11) is 1.93. The predicted molar refractivity (Wildman–Crippen MR) is 61.4 cm³/mol. The monoisotopic (exact) mass is 222 g/mol. The summed E-state index contributed by atoms with van der Waals surface area (Å²) in [6, 6.07) is 0. The van der Waals surface area contributed by atoms with Crippen molar-refractivity contribution in [3.05, 3.63) is 34.1 Å². The number of aromatic amines is 1. The lowest BCUT2D eigenvalue weighted by molar-refractivity contribution is 0.748. The highest BCUT2D eigenvalue weighted by Crippen LogP contribution is 2.09. The molecule has 0 unspecified atom stereocenters. The topological polar surface area (TPSA) is 38.5 Å². The van der Waals surface area contributed by atoms with E-state index in [4.69, 9.17) is 12.2 Å². The number of imidazole rings is 1. The van der Waals surface area contributed by atoms with Gasteiger partial charge in [0.25, 0.3) is 0 Å². The van der Waals surface area contributed by atoms with Crippen LogP contribution in [0.1, 0.15) is 17.0 Å². The summed E-state index contributed by atoms with van der Waals surface area (Å²) >= 11 is 5.20. The van der Waals surface area contributed by atoms with Gasteiger partial charge in [-0.25, -0.2) is 0 Å². The molecule has 0 atom stereocenters. The quantitative estimate of drug-likeness (QED) is 0.789. The summed E-state index contributed by atoms with van der Waals surface area (Å²) in [5, 5.41) is 4.31. The molecule has 0 spiro atoms. The van der Waals surface area contributed by atoms with Crippen LogP contribution in [0.3, 0.4) is 0 Å². The Morgan fingerprint density at radius 2 is 2.20 bits per heavy atom. The summed E-state index contributed by atoms with van der Waals surface area (Å²) in [6.45, 7) is 4.84. The molecule has 4 nitrogen and oxygen atoms in total. The van der Waals surface area contributed by atoms with Gasteiger partial charge in [-0.2, -0.15) is 5.10 Å². The molecule has 2 heterocycles. The smallest absolute Gasteiger partial charge is 0.177 e. The number of hydrogen-bond acceptors (Lipinski definition) is 2. The van der Waals surface area contributed by atoms with Gasteiger partial charge in [-0.05, 0) is 26.1 Å². The Morgan fingerprint density at radius 1 is 1.47 bits per heavy atom. The van der Waals surface area contributed by atoms with Gasteiger partial charge >= 0.3 is 0 Å².